The standard InChI is InChI=1S/C17H23N3O3.ClH/c18-11-12-7-8-15(23-12)16(21)19-14-6-2-1-5-13(14)17(22)20-9-3-4-10-20;/h1-2,5-6,12,15H,3-4,7-11,18H2,(H,19,21);1H/t12-,15+;/m1./s1. The second-order valence-electron chi connectivity index (χ2n) is 6.09. The molecule has 3 rings (SSSR count). The molecule has 0 saturated carbocycles. The molecular weight excluding hydrogens is 330 g/mol. The van der Waals surface area contributed by atoms with Crippen LogP contribution in [0.5, 0.6) is 0 Å². The van der Waals surface area contributed by atoms with Gasteiger partial charge < -0.3 is 20.7 Å². The average Bonchev–Trinajstić information content (AvgIpc) is 3.26. The van der Waals surface area contributed by atoms with E-state index >= 15 is 0 Å². The van der Waals surface area contributed by atoms with Gasteiger partial charge in [0.1, 0.15) is 6.10 Å². The molecule has 2 aliphatic heterocycles. The van der Waals surface area contributed by atoms with Gasteiger partial charge in [-0.05, 0) is 37.8 Å². The molecule has 0 aromatic heterocycles. The first-order chi connectivity index (χ1) is 11.2. The fourth-order valence-corrected chi connectivity index (χ4v) is 3.15. The highest BCUT2D eigenvalue weighted by Crippen LogP contribution is 2.23. The summed E-state index contributed by atoms with van der Waals surface area (Å²) in [5, 5.41) is 2.85. The molecule has 2 saturated heterocycles. The number of para-hydroxylation sites is 1. The summed E-state index contributed by atoms with van der Waals surface area (Å²) in [5.74, 6) is -0.229. The number of benzene rings is 1. The monoisotopic (exact) mass is 353 g/mol. The number of rotatable bonds is 4. The van der Waals surface area contributed by atoms with Crippen molar-refractivity contribution in [1.82, 2.24) is 4.90 Å². The summed E-state index contributed by atoms with van der Waals surface area (Å²) in [6.07, 6.45) is 3.00. The molecule has 1 aromatic rings. The number of hydrogen-bond donors (Lipinski definition) is 2. The number of likely N-dealkylation sites (tertiary alicyclic amines) is 1. The van der Waals surface area contributed by atoms with Crippen LogP contribution < -0.4 is 11.1 Å². The van der Waals surface area contributed by atoms with Crippen molar-refractivity contribution in [3.05, 3.63) is 29.8 Å². The Balaban J connectivity index is 0.00000208. The molecule has 1 aromatic carbocycles. The minimum Gasteiger partial charge on any atom is -0.364 e. The van der Waals surface area contributed by atoms with Crippen LogP contribution in [0.15, 0.2) is 24.3 Å². The van der Waals surface area contributed by atoms with Gasteiger partial charge in [-0.25, -0.2) is 0 Å². The van der Waals surface area contributed by atoms with Crippen LogP contribution >= 0.6 is 12.4 Å². The highest BCUT2D eigenvalue weighted by Gasteiger charge is 2.30. The molecule has 0 unspecified atom stereocenters. The summed E-state index contributed by atoms with van der Waals surface area (Å²) in [6.45, 7) is 1.99. The highest BCUT2D eigenvalue weighted by molar-refractivity contribution is 6.04. The Bertz CT molecular complexity index is 590. The number of carbonyl (C=O) groups is 2. The van der Waals surface area contributed by atoms with Gasteiger partial charge >= 0.3 is 0 Å². The Morgan fingerprint density at radius 1 is 1.21 bits per heavy atom. The van der Waals surface area contributed by atoms with Gasteiger partial charge in [0.25, 0.3) is 11.8 Å². The van der Waals surface area contributed by atoms with Gasteiger partial charge in [0.2, 0.25) is 0 Å². The Hall–Kier alpha value is -1.63. The van der Waals surface area contributed by atoms with Crippen LogP contribution in [0.4, 0.5) is 5.69 Å². The molecule has 7 heteroatoms. The topological polar surface area (TPSA) is 84.7 Å². The van der Waals surface area contributed by atoms with Crippen LogP contribution in [-0.2, 0) is 9.53 Å². The quantitative estimate of drug-likeness (QED) is 0.864. The number of anilines is 1. The fourth-order valence-electron chi connectivity index (χ4n) is 3.15. The van der Waals surface area contributed by atoms with Gasteiger partial charge in [0.05, 0.1) is 17.4 Å². The third-order valence-electron chi connectivity index (χ3n) is 4.47. The normalized spacial score (nSPS) is 23.0. The number of nitrogens with one attached hydrogen (secondary N) is 1. The Morgan fingerprint density at radius 3 is 2.58 bits per heavy atom. The third-order valence-corrected chi connectivity index (χ3v) is 4.47. The molecule has 0 aliphatic carbocycles. The van der Waals surface area contributed by atoms with Gasteiger partial charge in [-0.3, -0.25) is 9.59 Å². The zero-order chi connectivity index (χ0) is 16.2. The molecule has 6 nitrogen and oxygen atoms in total. The maximum absolute atomic E-state index is 12.6. The van der Waals surface area contributed by atoms with Crippen LogP contribution in [0.2, 0.25) is 0 Å². The van der Waals surface area contributed by atoms with Crippen LogP contribution in [0, 0.1) is 0 Å². The lowest BCUT2D eigenvalue weighted by Gasteiger charge is -2.19. The van der Waals surface area contributed by atoms with Gasteiger partial charge in [0.15, 0.2) is 0 Å². The number of hydrogen-bond acceptors (Lipinski definition) is 4. The minimum atomic E-state index is -0.488. The van der Waals surface area contributed by atoms with E-state index in [-0.39, 0.29) is 30.3 Å². The number of halogens is 1. The number of nitrogens with two attached hydrogens (primary N) is 1. The van der Waals surface area contributed by atoms with Gasteiger partial charge in [-0.1, -0.05) is 12.1 Å². The van der Waals surface area contributed by atoms with E-state index in [4.69, 9.17) is 10.5 Å². The van der Waals surface area contributed by atoms with E-state index in [1.54, 1.807) is 12.1 Å². The van der Waals surface area contributed by atoms with E-state index in [1.807, 2.05) is 17.0 Å². The van der Waals surface area contributed by atoms with Crippen LogP contribution in [0.1, 0.15) is 36.0 Å². The first-order valence-corrected chi connectivity index (χ1v) is 8.23. The zero-order valence-electron chi connectivity index (χ0n) is 13.6. The lowest BCUT2D eigenvalue weighted by atomic mass is 10.1. The van der Waals surface area contributed by atoms with Crippen molar-refractivity contribution >= 4 is 29.9 Å². The second kappa shape index (κ2) is 8.46. The summed E-state index contributed by atoms with van der Waals surface area (Å²) in [4.78, 5) is 26.8. The van der Waals surface area contributed by atoms with Crippen molar-refractivity contribution in [2.24, 2.45) is 5.73 Å². The SMILES string of the molecule is Cl.NC[C@H]1CC[C@@H](C(=O)Nc2ccccc2C(=O)N2CCCC2)O1. The average molecular weight is 354 g/mol. The molecule has 2 amide bonds. The van der Waals surface area contributed by atoms with E-state index in [0.29, 0.717) is 24.2 Å². The number of ether oxygens (including phenoxy) is 1. The summed E-state index contributed by atoms with van der Waals surface area (Å²) >= 11 is 0. The van der Waals surface area contributed by atoms with E-state index in [1.165, 1.54) is 0 Å². The molecule has 2 atom stereocenters. The highest BCUT2D eigenvalue weighted by atomic mass is 35.5. The summed E-state index contributed by atoms with van der Waals surface area (Å²) in [5.41, 5.74) is 6.66. The van der Waals surface area contributed by atoms with Crippen molar-refractivity contribution in [3.63, 3.8) is 0 Å². The van der Waals surface area contributed by atoms with E-state index in [0.717, 1.165) is 32.4 Å². The van der Waals surface area contributed by atoms with Crippen molar-refractivity contribution in [2.75, 3.05) is 25.0 Å². The van der Waals surface area contributed by atoms with E-state index in [2.05, 4.69) is 5.32 Å². The van der Waals surface area contributed by atoms with Crippen molar-refractivity contribution < 1.29 is 14.3 Å². The Kier molecular flexibility index (Phi) is 6.60. The van der Waals surface area contributed by atoms with Gasteiger partial charge in [-0.15, -0.1) is 12.4 Å². The first kappa shape index (κ1) is 18.7. The number of carbonyl (C=O) groups excluding carboxylic acids is 2. The smallest absolute Gasteiger partial charge is 0.255 e. The maximum atomic E-state index is 12.6. The minimum absolute atomic E-state index is 0. The van der Waals surface area contributed by atoms with E-state index < -0.39 is 6.10 Å². The lowest BCUT2D eigenvalue weighted by Crippen LogP contribution is -2.32. The van der Waals surface area contributed by atoms with Crippen molar-refractivity contribution in [2.45, 2.75) is 37.9 Å². The molecule has 3 N–H and O–H groups in total. The predicted molar refractivity (Wildman–Crippen MR) is 94.4 cm³/mol. The zero-order valence-corrected chi connectivity index (χ0v) is 14.4. The van der Waals surface area contributed by atoms with Gasteiger partial charge in [0, 0.05) is 19.6 Å². The maximum Gasteiger partial charge on any atom is 0.255 e. The largest absolute Gasteiger partial charge is 0.364 e. The molecule has 132 valence electrons. The van der Waals surface area contributed by atoms with Crippen LogP contribution in [0.25, 0.3) is 0 Å². The number of nitrogens with zero attached hydrogens (tertiary/aromatic N) is 1. The van der Waals surface area contributed by atoms with Crippen LogP contribution in [0.3, 0.4) is 0 Å². The summed E-state index contributed by atoms with van der Waals surface area (Å²) in [6, 6.07) is 7.15. The Morgan fingerprint density at radius 2 is 1.92 bits per heavy atom. The molecule has 2 fully saturated rings. The second-order valence-corrected chi connectivity index (χ2v) is 6.09. The van der Waals surface area contributed by atoms with Gasteiger partial charge in [-0.2, -0.15) is 0 Å². The van der Waals surface area contributed by atoms with Crippen molar-refractivity contribution in [3.8, 4) is 0 Å². The fraction of sp³-hybridized carbons (Fsp3) is 0.529. The number of amides is 2. The molecule has 2 heterocycles. The summed E-state index contributed by atoms with van der Waals surface area (Å²) < 4.78 is 5.61. The van der Waals surface area contributed by atoms with Crippen molar-refractivity contribution in [1.29, 1.82) is 0 Å². The molecule has 0 bridgehead atoms. The van der Waals surface area contributed by atoms with E-state index in [9.17, 15) is 9.59 Å². The van der Waals surface area contributed by atoms with Crippen LogP contribution in [-0.4, -0.2) is 48.6 Å². The molecule has 24 heavy (non-hydrogen) atoms. The Labute approximate surface area is 148 Å². The molecular formula is C17H24ClN3O3. The molecule has 0 spiro atoms. The first-order valence-electron chi connectivity index (χ1n) is 8.23. The molecule has 0 radical (unpaired) electrons. The third kappa shape index (κ3) is 4.06. The lowest BCUT2D eigenvalue weighted by molar-refractivity contribution is -0.126. The predicted octanol–water partition coefficient (Wildman–Crippen LogP) is 1.79. The molecule has 2 aliphatic rings. The summed E-state index contributed by atoms with van der Waals surface area (Å²) in [7, 11) is 0.